The number of carboxylic acid groups (broad SMARTS) is 1. The van der Waals surface area contributed by atoms with E-state index in [9.17, 15) is 12.8 Å². The molecule has 2 aromatic rings. The van der Waals surface area contributed by atoms with Gasteiger partial charge in [-0.1, -0.05) is 17.7 Å². The van der Waals surface area contributed by atoms with Crippen LogP contribution in [0.2, 0.25) is 5.02 Å². The van der Waals surface area contributed by atoms with Gasteiger partial charge in [0.2, 0.25) is 10.0 Å². The fourth-order valence-corrected chi connectivity index (χ4v) is 4.27. The Morgan fingerprint density at radius 3 is 2.75 bits per heavy atom. The normalized spacial score (nSPS) is 19.3. The molecule has 1 N–H and O–H groups in total. The molecule has 11 heteroatoms. The van der Waals surface area contributed by atoms with Gasteiger partial charge in [-0.05, 0) is 12.1 Å². The molecule has 2 atom stereocenters. The molecule has 0 spiro atoms. The van der Waals surface area contributed by atoms with E-state index in [1.807, 2.05) is 0 Å². The van der Waals surface area contributed by atoms with Crippen molar-refractivity contribution in [2.24, 2.45) is 5.92 Å². The summed E-state index contributed by atoms with van der Waals surface area (Å²) in [5, 5.41) is 6.90. The van der Waals surface area contributed by atoms with Crippen molar-refractivity contribution in [1.82, 2.24) is 13.9 Å². The minimum Gasteiger partial charge on any atom is -0.483 e. The highest BCUT2D eigenvalue weighted by atomic mass is 35.5. The highest BCUT2D eigenvalue weighted by molar-refractivity contribution is 7.89. The molecular formula is C17H21ClFN3O5S. The molecule has 3 rings (SSSR count). The highest BCUT2D eigenvalue weighted by Crippen LogP contribution is 2.33. The van der Waals surface area contributed by atoms with E-state index < -0.39 is 15.8 Å². The Labute approximate surface area is 167 Å². The second-order valence-corrected chi connectivity index (χ2v) is 8.93. The zero-order valence-electron chi connectivity index (χ0n) is 15.3. The van der Waals surface area contributed by atoms with Gasteiger partial charge in [-0.3, -0.25) is 4.79 Å². The number of sulfonamides is 1. The average Bonchev–Trinajstić information content (AvgIpc) is 3.26. The van der Waals surface area contributed by atoms with E-state index in [0.29, 0.717) is 19.0 Å². The lowest BCUT2D eigenvalue weighted by Crippen LogP contribution is -2.32. The minimum absolute atomic E-state index is 0.0152. The molecule has 0 amide bonds. The molecule has 0 unspecified atom stereocenters. The Morgan fingerprint density at radius 1 is 1.43 bits per heavy atom. The van der Waals surface area contributed by atoms with Crippen molar-refractivity contribution in [3.8, 4) is 11.4 Å². The first kappa shape index (κ1) is 22.3. The van der Waals surface area contributed by atoms with Crippen LogP contribution in [0.15, 0.2) is 30.6 Å². The Morgan fingerprint density at radius 2 is 2.11 bits per heavy atom. The summed E-state index contributed by atoms with van der Waals surface area (Å²) in [6.07, 6.45) is 3.27. The van der Waals surface area contributed by atoms with E-state index in [-0.39, 0.29) is 34.8 Å². The fraction of sp³-hybridized carbons (Fsp3) is 0.412. The van der Waals surface area contributed by atoms with Crippen LogP contribution >= 0.6 is 11.6 Å². The van der Waals surface area contributed by atoms with Crippen molar-refractivity contribution in [2.45, 2.75) is 6.04 Å². The van der Waals surface area contributed by atoms with Gasteiger partial charge in [0.05, 0.1) is 35.6 Å². The summed E-state index contributed by atoms with van der Waals surface area (Å²) < 4.78 is 47.3. The molecule has 1 aromatic heterocycles. The van der Waals surface area contributed by atoms with Crippen molar-refractivity contribution in [2.75, 3.05) is 33.1 Å². The zero-order chi connectivity index (χ0) is 20.9. The lowest BCUT2D eigenvalue weighted by atomic mass is 10.1. The highest BCUT2D eigenvalue weighted by Gasteiger charge is 2.35. The van der Waals surface area contributed by atoms with Gasteiger partial charge in [0.1, 0.15) is 5.82 Å². The molecule has 1 aromatic carbocycles. The number of ether oxygens (including phenoxy) is 1. The maximum absolute atomic E-state index is 14.4. The monoisotopic (exact) mass is 433 g/mol. The van der Waals surface area contributed by atoms with Gasteiger partial charge in [-0.2, -0.15) is 0 Å². The van der Waals surface area contributed by atoms with Gasteiger partial charge >= 0.3 is 0 Å². The number of carbonyl (C=O) groups is 1. The molecule has 8 nitrogen and oxygen atoms in total. The second-order valence-electron chi connectivity index (χ2n) is 6.29. The topological polar surface area (TPSA) is 102 Å². The SMILES string of the molecule is CN(C)S(=O)(=O)C[C@H]1COC[C@H]1n1ccnc1-c1cccc(Cl)c1F.O=CO. The average molecular weight is 434 g/mol. The van der Waals surface area contributed by atoms with Crippen LogP contribution in [0.4, 0.5) is 4.39 Å². The van der Waals surface area contributed by atoms with Crippen LogP contribution in [0.1, 0.15) is 6.04 Å². The number of rotatable bonds is 5. The number of nitrogens with zero attached hydrogens (tertiary/aromatic N) is 3. The standard InChI is InChI=1S/C16H19ClFN3O3S.CH2O2/c1-20(2)25(22,23)10-11-8-24-9-14(11)21-7-6-19-16(21)12-4-3-5-13(17)15(12)18;2-1-3/h3-7,11,14H,8-10H2,1-2H3;1H,(H,2,3)/t11-,14-;/m1./s1. The molecule has 28 heavy (non-hydrogen) atoms. The number of hydrogen-bond donors (Lipinski definition) is 1. The summed E-state index contributed by atoms with van der Waals surface area (Å²) in [6, 6.07) is 4.48. The van der Waals surface area contributed by atoms with E-state index >= 15 is 0 Å². The number of aromatic nitrogens is 2. The van der Waals surface area contributed by atoms with Gasteiger partial charge in [0.15, 0.2) is 5.82 Å². The van der Waals surface area contributed by atoms with Crippen molar-refractivity contribution < 1.29 is 27.4 Å². The van der Waals surface area contributed by atoms with Crippen LogP contribution in [-0.4, -0.2) is 66.9 Å². The van der Waals surface area contributed by atoms with Crippen molar-refractivity contribution >= 4 is 28.1 Å². The molecule has 0 saturated carbocycles. The molecule has 1 aliphatic heterocycles. The molecule has 0 bridgehead atoms. The first-order chi connectivity index (χ1) is 13.2. The van der Waals surface area contributed by atoms with Crippen molar-refractivity contribution in [1.29, 1.82) is 0 Å². The number of imidazole rings is 1. The van der Waals surface area contributed by atoms with Gasteiger partial charge in [0, 0.05) is 32.4 Å². The van der Waals surface area contributed by atoms with Crippen LogP contribution in [0.3, 0.4) is 0 Å². The summed E-state index contributed by atoms with van der Waals surface area (Å²) in [5.74, 6) is -0.432. The summed E-state index contributed by atoms with van der Waals surface area (Å²) >= 11 is 5.87. The minimum atomic E-state index is -3.37. The third kappa shape index (κ3) is 4.88. The number of benzene rings is 1. The van der Waals surface area contributed by atoms with Crippen LogP contribution in [0.5, 0.6) is 0 Å². The van der Waals surface area contributed by atoms with E-state index in [4.69, 9.17) is 26.2 Å². The van der Waals surface area contributed by atoms with Gasteiger partial charge in [-0.25, -0.2) is 22.1 Å². The maximum atomic E-state index is 14.4. The molecule has 1 aliphatic rings. The van der Waals surface area contributed by atoms with Gasteiger partial charge in [0.25, 0.3) is 6.47 Å². The zero-order valence-corrected chi connectivity index (χ0v) is 16.9. The molecule has 0 radical (unpaired) electrons. The Bertz CT molecular complexity index is 919. The molecule has 154 valence electrons. The molecule has 1 saturated heterocycles. The van der Waals surface area contributed by atoms with Gasteiger partial charge in [-0.15, -0.1) is 0 Å². The molecule has 0 aliphatic carbocycles. The molecule has 1 fully saturated rings. The van der Waals surface area contributed by atoms with Crippen LogP contribution in [0, 0.1) is 11.7 Å². The van der Waals surface area contributed by atoms with Crippen LogP contribution in [-0.2, 0) is 19.6 Å². The lowest BCUT2D eigenvalue weighted by Gasteiger charge is -2.22. The third-order valence-electron chi connectivity index (χ3n) is 4.36. The second kappa shape index (κ2) is 9.46. The maximum Gasteiger partial charge on any atom is 0.290 e. The smallest absolute Gasteiger partial charge is 0.290 e. The predicted molar refractivity (Wildman–Crippen MR) is 102 cm³/mol. The Kier molecular flexibility index (Phi) is 7.53. The van der Waals surface area contributed by atoms with E-state index in [1.165, 1.54) is 24.5 Å². The van der Waals surface area contributed by atoms with Crippen LogP contribution in [0.25, 0.3) is 11.4 Å². The van der Waals surface area contributed by atoms with E-state index in [0.717, 1.165) is 0 Å². The summed E-state index contributed by atoms with van der Waals surface area (Å²) in [4.78, 5) is 12.6. The largest absolute Gasteiger partial charge is 0.483 e. The number of hydrogen-bond acceptors (Lipinski definition) is 5. The summed E-state index contributed by atoms with van der Waals surface area (Å²) in [6.45, 7) is 0.423. The first-order valence-electron chi connectivity index (χ1n) is 8.26. The third-order valence-corrected chi connectivity index (χ3v) is 6.62. The predicted octanol–water partition coefficient (Wildman–Crippen LogP) is 2.12. The van der Waals surface area contributed by atoms with Crippen molar-refractivity contribution in [3.63, 3.8) is 0 Å². The molecular weight excluding hydrogens is 413 g/mol. The first-order valence-corrected chi connectivity index (χ1v) is 10.2. The quantitative estimate of drug-likeness (QED) is 0.725. The summed E-state index contributed by atoms with van der Waals surface area (Å²) in [7, 11) is -0.365. The van der Waals surface area contributed by atoms with E-state index in [2.05, 4.69) is 4.98 Å². The lowest BCUT2D eigenvalue weighted by molar-refractivity contribution is -0.122. The fourth-order valence-electron chi connectivity index (χ4n) is 2.94. The van der Waals surface area contributed by atoms with E-state index in [1.54, 1.807) is 29.1 Å². The van der Waals surface area contributed by atoms with Gasteiger partial charge < -0.3 is 14.4 Å². The summed E-state index contributed by atoms with van der Waals surface area (Å²) in [5.41, 5.74) is 0.276. The Balaban J connectivity index is 0.000000878. The number of halogens is 2. The van der Waals surface area contributed by atoms with Crippen LogP contribution < -0.4 is 0 Å². The van der Waals surface area contributed by atoms with Crippen molar-refractivity contribution in [3.05, 3.63) is 41.4 Å². The Hall–Kier alpha value is -2.01. The molecule has 2 heterocycles.